The van der Waals surface area contributed by atoms with Crippen molar-refractivity contribution < 1.29 is 28.3 Å². The van der Waals surface area contributed by atoms with E-state index in [-0.39, 0.29) is 24.7 Å². The van der Waals surface area contributed by atoms with Gasteiger partial charge in [-0.2, -0.15) is 0 Å². The number of Topliss-reactive ketones (excluding diaryl/α,β-unsaturated/α-hetero) is 1. The SMILES string of the molecule is COC(=O)c1cc(CN(C)C(=O)Cc2cc(C(C)=O)ccc2OC)oc1C. The summed E-state index contributed by atoms with van der Waals surface area (Å²) in [5, 5.41) is 0. The lowest BCUT2D eigenvalue weighted by Gasteiger charge is -2.17. The number of aryl methyl sites for hydroxylation is 1. The molecule has 2 aromatic rings. The maximum Gasteiger partial charge on any atom is 0.341 e. The number of methoxy groups -OCH3 is 2. The van der Waals surface area contributed by atoms with Crippen molar-refractivity contribution in [1.82, 2.24) is 4.90 Å². The minimum Gasteiger partial charge on any atom is -0.496 e. The summed E-state index contributed by atoms with van der Waals surface area (Å²) in [5.41, 5.74) is 1.49. The van der Waals surface area contributed by atoms with Crippen molar-refractivity contribution in [2.45, 2.75) is 26.8 Å². The number of likely N-dealkylation sites (N-methyl/N-ethyl adjacent to an activating group) is 1. The molecule has 0 bridgehead atoms. The Morgan fingerprint density at radius 1 is 1.15 bits per heavy atom. The third-order valence-electron chi connectivity index (χ3n) is 4.22. The van der Waals surface area contributed by atoms with E-state index in [2.05, 4.69) is 0 Å². The average Bonchev–Trinajstić information content (AvgIpc) is 3.00. The molecule has 7 heteroatoms. The predicted octanol–water partition coefficient (Wildman–Crippen LogP) is 2.79. The Morgan fingerprint density at radius 2 is 1.85 bits per heavy atom. The van der Waals surface area contributed by atoms with E-state index in [1.54, 1.807) is 38.2 Å². The number of ketones is 1. The van der Waals surface area contributed by atoms with Crippen LogP contribution in [0.2, 0.25) is 0 Å². The first kappa shape index (κ1) is 20.2. The average molecular weight is 373 g/mol. The molecule has 1 amide bonds. The van der Waals surface area contributed by atoms with Crippen molar-refractivity contribution in [3.8, 4) is 5.75 Å². The van der Waals surface area contributed by atoms with Crippen molar-refractivity contribution in [2.75, 3.05) is 21.3 Å². The van der Waals surface area contributed by atoms with Gasteiger partial charge in [-0.15, -0.1) is 0 Å². The van der Waals surface area contributed by atoms with Crippen LogP contribution in [-0.4, -0.2) is 43.8 Å². The van der Waals surface area contributed by atoms with Crippen molar-refractivity contribution in [3.63, 3.8) is 0 Å². The molecule has 0 fully saturated rings. The molecular weight excluding hydrogens is 350 g/mol. The van der Waals surface area contributed by atoms with Crippen LogP contribution in [0, 0.1) is 6.92 Å². The maximum atomic E-state index is 12.6. The molecule has 0 unspecified atom stereocenters. The molecule has 2 rings (SSSR count). The third kappa shape index (κ3) is 4.75. The molecule has 7 nitrogen and oxygen atoms in total. The van der Waals surface area contributed by atoms with E-state index in [4.69, 9.17) is 13.9 Å². The topological polar surface area (TPSA) is 86.0 Å². The normalized spacial score (nSPS) is 10.4. The number of nitrogens with zero attached hydrogens (tertiary/aromatic N) is 1. The fourth-order valence-electron chi connectivity index (χ4n) is 2.69. The van der Waals surface area contributed by atoms with E-state index < -0.39 is 5.97 Å². The Hall–Kier alpha value is -3.09. The van der Waals surface area contributed by atoms with Crippen LogP contribution in [0.4, 0.5) is 0 Å². The number of rotatable bonds is 7. The van der Waals surface area contributed by atoms with E-state index >= 15 is 0 Å². The molecule has 0 N–H and O–H groups in total. The largest absolute Gasteiger partial charge is 0.496 e. The van der Waals surface area contributed by atoms with Crippen LogP contribution >= 0.6 is 0 Å². The van der Waals surface area contributed by atoms with Gasteiger partial charge >= 0.3 is 5.97 Å². The highest BCUT2D eigenvalue weighted by Crippen LogP contribution is 2.22. The summed E-state index contributed by atoms with van der Waals surface area (Å²) in [6, 6.07) is 6.58. The summed E-state index contributed by atoms with van der Waals surface area (Å²) in [7, 11) is 4.45. The molecule has 1 aromatic heterocycles. The second-order valence-corrected chi connectivity index (χ2v) is 6.18. The van der Waals surface area contributed by atoms with Crippen LogP contribution in [0.5, 0.6) is 5.75 Å². The number of ether oxygens (including phenoxy) is 2. The minimum atomic E-state index is -0.484. The van der Waals surface area contributed by atoms with Crippen LogP contribution in [0.3, 0.4) is 0 Å². The zero-order valence-electron chi connectivity index (χ0n) is 16.1. The zero-order chi connectivity index (χ0) is 20.1. The number of carbonyl (C=O) groups excluding carboxylic acids is 3. The number of hydrogen-bond donors (Lipinski definition) is 0. The zero-order valence-corrected chi connectivity index (χ0v) is 16.1. The molecule has 0 aliphatic heterocycles. The molecule has 0 radical (unpaired) electrons. The van der Waals surface area contributed by atoms with Gasteiger partial charge in [0.25, 0.3) is 0 Å². The van der Waals surface area contributed by atoms with Crippen LogP contribution < -0.4 is 4.74 Å². The van der Waals surface area contributed by atoms with Crippen molar-refractivity contribution >= 4 is 17.7 Å². The van der Waals surface area contributed by atoms with Crippen LogP contribution in [0.25, 0.3) is 0 Å². The van der Waals surface area contributed by atoms with E-state index in [1.165, 1.54) is 26.0 Å². The first-order valence-electron chi connectivity index (χ1n) is 8.36. The van der Waals surface area contributed by atoms with Gasteiger partial charge in [0.15, 0.2) is 5.78 Å². The molecule has 0 spiro atoms. The highest BCUT2D eigenvalue weighted by atomic mass is 16.5. The third-order valence-corrected chi connectivity index (χ3v) is 4.22. The Bertz CT molecular complexity index is 867. The Kier molecular flexibility index (Phi) is 6.39. The van der Waals surface area contributed by atoms with Gasteiger partial charge in [-0.05, 0) is 38.1 Å². The van der Waals surface area contributed by atoms with Gasteiger partial charge in [0.1, 0.15) is 22.8 Å². The molecule has 27 heavy (non-hydrogen) atoms. The highest BCUT2D eigenvalue weighted by Gasteiger charge is 2.19. The molecule has 0 aliphatic carbocycles. The molecule has 0 atom stereocenters. The van der Waals surface area contributed by atoms with E-state index in [0.717, 1.165) is 0 Å². The van der Waals surface area contributed by atoms with Crippen molar-refractivity contribution in [2.24, 2.45) is 0 Å². The number of amides is 1. The van der Waals surface area contributed by atoms with Crippen LogP contribution in [0.15, 0.2) is 28.7 Å². The quantitative estimate of drug-likeness (QED) is 0.548. The first-order valence-corrected chi connectivity index (χ1v) is 8.36. The molecule has 0 aliphatic rings. The standard InChI is InChI=1S/C20H23NO6/c1-12(22)14-6-7-18(25-4)15(8-14)9-19(23)21(3)11-16-10-17(13(2)27-16)20(24)26-5/h6-8,10H,9,11H2,1-5H3. The van der Waals surface area contributed by atoms with Gasteiger partial charge in [0, 0.05) is 18.2 Å². The number of carbonyl (C=O) groups is 3. The second-order valence-electron chi connectivity index (χ2n) is 6.18. The Labute approximate surface area is 157 Å². The van der Waals surface area contributed by atoms with Gasteiger partial charge in [-0.25, -0.2) is 4.79 Å². The highest BCUT2D eigenvalue weighted by molar-refractivity contribution is 5.94. The molecule has 1 heterocycles. The molecule has 0 saturated carbocycles. The molecular formula is C20H23NO6. The summed E-state index contributed by atoms with van der Waals surface area (Å²) in [4.78, 5) is 37.3. The van der Waals surface area contributed by atoms with Gasteiger partial charge in [0.05, 0.1) is 27.2 Å². The monoisotopic (exact) mass is 373 g/mol. The fourth-order valence-corrected chi connectivity index (χ4v) is 2.69. The summed E-state index contributed by atoms with van der Waals surface area (Å²) >= 11 is 0. The van der Waals surface area contributed by atoms with Crippen LogP contribution in [-0.2, 0) is 22.5 Å². The number of hydrogen-bond acceptors (Lipinski definition) is 6. The lowest BCUT2D eigenvalue weighted by atomic mass is 10.0. The number of furan rings is 1. The molecule has 1 aromatic carbocycles. The first-order chi connectivity index (χ1) is 12.8. The predicted molar refractivity (Wildman–Crippen MR) is 98.0 cm³/mol. The number of benzene rings is 1. The maximum absolute atomic E-state index is 12.6. The van der Waals surface area contributed by atoms with Gasteiger partial charge in [-0.3, -0.25) is 9.59 Å². The lowest BCUT2D eigenvalue weighted by molar-refractivity contribution is -0.129. The Balaban J connectivity index is 2.13. The van der Waals surface area contributed by atoms with Crippen molar-refractivity contribution in [1.29, 1.82) is 0 Å². The minimum absolute atomic E-state index is 0.0738. The van der Waals surface area contributed by atoms with E-state index in [1.807, 2.05) is 0 Å². The van der Waals surface area contributed by atoms with Gasteiger partial charge in [-0.1, -0.05) is 0 Å². The second kappa shape index (κ2) is 8.53. The van der Waals surface area contributed by atoms with E-state index in [0.29, 0.717) is 34.0 Å². The lowest BCUT2D eigenvalue weighted by Crippen LogP contribution is -2.27. The summed E-state index contributed by atoms with van der Waals surface area (Å²) in [6.07, 6.45) is 0.0738. The molecule has 144 valence electrons. The van der Waals surface area contributed by atoms with E-state index in [9.17, 15) is 14.4 Å². The molecule has 0 saturated heterocycles. The summed E-state index contributed by atoms with van der Waals surface area (Å²) < 4.78 is 15.5. The fraction of sp³-hybridized carbons (Fsp3) is 0.350. The van der Waals surface area contributed by atoms with Crippen molar-refractivity contribution in [3.05, 3.63) is 52.5 Å². The summed E-state index contributed by atoms with van der Waals surface area (Å²) in [5.74, 6) is 0.719. The van der Waals surface area contributed by atoms with Gasteiger partial charge in [0.2, 0.25) is 5.91 Å². The number of esters is 1. The van der Waals surface area contributed by atoms with Crippen LogP contribution in [0.1, 0.15) is 44.7 Å². The van der Waals surface area contributed by atoms with Gasteiger partial charge < -0.3 is 18.8 Å². The Morgan fingerprint density at radius 3 is 2.44 bits per heavy atom. The summed E-state index contributed by atoms with van der Waals surface area (Å²) in [6.45, 7) is 3.33. The smallest absolute Gasteiger partial charge is 0.341 e.